The Balaban J connectivity index is 2.28. The average Bonchev–Trinajstić information content (AvgIpc) is 2.50. The van der Waals surface area contributed by atoms with Crippen molar-refractivity contribution in [1.29, 1.82) is 0 Å². The number of nitrogens with one attached hydrogen (secondary N) is 1. The number of hydrogen-bond acceptors (Lipinski definition) is 2. The van der Waals surface area contributed by atoms with E-state index >= 15 is 0 Å². The fraction of sp³-hybridized carbons (Fsp3) is 0.600. The summed E-state index contributed by atoms with van der Waals surface area (Å²) in [5.74, 6) is 0.941. The lowest BCUT2D eigenvalue weighted by atomic mass is 10.0. The minimum absolute atomic E-state index is 0.00821. The second-order valence-corrected chi connectivity index (χ2v) is 6.99. The molecule has 1 rings (SSSR count). The van der Waals surface area contributed by atoms with Crippen molar-refractivity contribution in [3.05, 3.63) is 29.8 Å². The van der Waals surface area contributed by atoms with Crippen molar-refractivity contribution in [2.75, 3.05) is 5.32 Å². The van der Waals surface area contributed by atoms with E-state index in [1.807, 2.05) is 13.8 Å². The molecule has 0 unspecified atom stereocenters. The molecule has 0 aliphatic carbocycles. The van der Waals surface area contributed by atoms with Crippen LogP contribution < -0.4 is 5.32 Å². The molecular weight excluding hydrogens is 286 g/mol. The molecule has 0 saturated carbocycles. The van der Waals surface area contributed by atoms with Gasteiger partial charge in [0.1, 0.15) is 0 Å². The highest BCUT2D eigenvalue weighted by atomic mass is 16.1. The Morgan fingerprint density at radius 2 is 1.52 bits per heavy atom. The van der Waals surface area contributed by atoms with Crippen LogP contribution >= 0.6 is 0 Å². The second-order valence-electron chi connectivity index (χ2n) is 6.99. The molecule has 3 heteroatoms. The highest BCUT2D eigenvalue weighted by Gasteiger charge is 2.10. The largest absolute Gasteiger partial charge is 0.326 e. The SMILES string of the molecule is CC(C)CCCCCCC(=O)Nc1ccc(C(=O)C(C)C)cc1. The molecule has 1 amide bonds. The predicted molar refractivity (Wildman–Crippen MR) is 96.8 cm³/mol. The highest BCUT2D eigenvalue weighted by molar-refractivity contribution is 5.98. The van der Waals surface area contributed by atoms with Gasteiger partial charge in [-0.1, -0.05) is 53.4 Å². The molecule has 0 aliphatic rings. The van der Waals surface area contributed by atoms with Crippen molar-refractivity contribution >= 4 is 17.4 Å². The highest BCUT2D eigenvalue weighted by Crippen LogP contribution is 2.15. The summed E-state index contributed by atoms with van der Waals surface area (Å²) in [7, 11) is 0. The van der Waals surface area contributed by atoms with Gasteiger partial charge in [0.25, 0.3) is 0 Å². The number of hydrogen-bond donors (Lipinski definition) is 1. The van der Waals surface area contributed by atoms with E-state index in [0.717, 1.165) is 24.4 Å². The second kappa shape index (κ2) is 10.2. The number of rotatable bonds is 10. The van der Waals surface area contributed by atoms with Crippen molar-refractivity contribution in [2.45, 2.75) is 66.2 Å². The van der Waals surface area contributed by atoms with Crippen molar-refractivity contribution in [2.24, 2.45) is 11.8 Å². The first-order valence-corrected chi connectivity index (χ1v) is 8.84. The zero-order valence-corrected chi connectivity index (χ0v) is 15.0. The number of carbonyl (C=O) groups excluding carboxylic acids is 2. The molecule has 0 fully saturated rings. The van der Waals surface area contributed by atoms with Crippen LogP contribution in [-0.4, -0.2) is 11.7 Å². The molecule has 3 nitrogen and oxygen atoms in total. The van der Waals surface area contributed by atoms with Gasteiger partial charge in [-0.05, 0) is 36.6 Å². The first kappa shape index (κ1) is 19.4. The molecule has 0 bridgehead atoms. The number of Topliss-reactive ketones (excluding diaryl/α,β-unsaturated/α-hetero) is 1. The molecule has 0 aromatic heterocycles. The molecular formula is C20H31NO2. The minimum Gasteiger partial charge on any atom is -0.326 e. The average molecular weight is 317 g/mol. The quantitative estimate of drug-likeness (QED) is 0.460. The lowest BCUT2D eigenvalue weighted by Gasteiger charge is -2.08. The van der Waals surface area contributed by atoms with Gasteiger partial charge in [-0.25, -0.2) is 0 Å². The van der Waals surface area contributed by atoms with Gasteiger partial charge in [0, 0.05) is 23.6 Å². The van der Waals surface area contributed by atoms with E-state index in [4.69, 9.17) is 0 Å². The summed E-state index contributed by atoms with van der Waals surface area (Å²) in [5, 5.41) is 2.90. The molecule has 0 saturated heterocycles. The minimum atomic E-state index is -0.00821. The summed E-state index contributed by atoms with van der Waals surface area (Å²) < 4.78 is 0. The molecule has 1 aromatic rings. The van der Waals surface area contributed by atoms with Crippen LogP contribution in [0.1, 0.15) is 76.6 Å². The first-order valence-electron chi connectivity index (χ1n) is 8.84. The zero-order valence-electron chi connectivity index (χ0n) is 15.0. The Labute approximate surface area is 140 Å². The third-order valence-electron chi connectivity index (χ3n) is 3.91. The van der Waals surface area contributed by atoms with Gasteiger partial charge in [-0.2, -0.15) is 0 Å². The third-order valence-corrected chi connectivity index (χ3v) is 3.91. The fourth-order valence-electron chi connectivity index (χ4n) is 2.47. The van der Waals surface area contributed by atoms with Gasteiger partial charge in [0.05, 0.1) is 0 Å². The van der Waals surface area contributed by atoms with Crippen LogP contribution in [-0.2, 0) is 4.79 Å². The summed E-state index contributed by atoms with van der Waals surface area (Å²) in [5.41, 5.74) is 1.46. The van der Waals surface area contributed by atoms with E-state index in [0.29, 0.717) is 12.0 Å². The lowest BCUT2D eigenvalue weighted by Crippen LogP contribution is -2.12. The monoisotopic (exact) mass is 317 g/mol. The van der Waals surface area contributed by atoms with Gasteiger partial charge < -0.3 is 5.32 Å². The molecule has 0 radical (unpaired) electrons. The Morgan fingerprint density at radius 3 is 2.09 bits per heavy atom. The number of anilines is 1. The number of carbonyl (C=O) groups is 2. The normalized spacial score (nSPS) is 11.0. The lowest BCUT2D eigenvalue weighted by molar-refractivity contribution is -0.116. The molecule has 0 aliphatic heterocycles. The van der Waals surface area contributed by atoms with E-state index in [9.17, 15) is 9.59 Å². The van der Waals surface area contributed by atoms with Crippen LogP contribution in [0.4, 0.5) is 5.69 Å². The van der Waals surface area contributed by atoms with E-state index in [-0.39, 0.29) is 17.6 Å². The third kappa shape index (κ3) is 7.96. The van der Waals surface area contributed by atoms with Gasteiger partial charge in [-0.15, -0.1) is 0 Å². The van der Waals surface area contributed by atoms with Crippen LogP contribution in [0.25, 0.3) is 0 Å². The Kier molecular flexibility index (Phi) is 8.60. The van der Waals surface area contributed by atoms with Gasteiger partial charge >= 0.3 is 0 Å². The van der Waals surface area contributed by atoms with Crippen LogP contribution in [0.2, 0.25) is 0 Å². The summed E-state index contributed by atoms with van der Waals surface area (Å²) in [6.07, 6.45) is 6.35. The van der Waals surface area contributed by atoms with E-state index in [2.05, 4.69) is 19.2 Å². The first-order chi connectivity index (χ1) is 10.9. The molecule has 1 N–H and O–H groups in total. The summed E-state index contributed by atoms with van der Waals surface area (Å²) >= 11 is 0. The number of unbranched alkanes of at least 4 members (excludes halogenated alkanes) is 3. The molecule has 0 spiro atoms. The number of ketones is 1. The number of benzene rings is 1. The topological polar surface area (TPSA) is 46.2 Å². The van der Waals surface area contributed by atoms with Crippen LogP contribution in [0.3, 0.4) is 0 Å². The van der Waals surface area contributed by atoms with Crippen LogP contribution in [0.15, 0.2) is 24.3 Å². The van der Waals surface area contributed by atoms with Gasteiger partial charge in [0.2, 0.25) is 5.91 Å². The van der Waals surface area contributed by atoms with E-state index in [1.54, 1.807) is 24.3 Å². The molecule has 1 aromatic carbocycles. The van der Waals surface area contributed by atoms with Crippen molar-refractivity contribution in [1.82, 2.24) is 0 Å². The van der Waals surface area contributed by atoms with Crippen LogP contribution in [0, 0.1) is 11.8 Å². The maximum Gasteiger partial charge on any atom is 0.224 e. The Bertz CT molecular complexity index is 489. The predicted octanol–water partition coefficient (Wildman–Crippen LogP) is 5.46. The van der Waals surface area contributed by atoms with E-state index in [1.165, 1.54) is 19.3 Å². The number of amides is 1. The van der Waals surface area contributed by atoms with E-state index < -0.39 is 0 Å². The van der Waals surface area contributed by atoms with Crippen molar-refractivity contribution in [3.8, 4) is 0 Å². The zero-order chi connectivity index (χ0) is 17.2. The summed E-state index contributed by atoms with van der Waals surface area (Å²) in [4.78, 5) is 23.8. The maximum absolute atomic E-state index is 11.9. The summed E-state index contributed by atoms with van der Waals surface area (Å²) in [6.45, 7) is 8.26. The Hall–Kier alpha value is -1.64. The molecule has 23 heavy (non-hydrogen) atoms. The Morgan fingerprint density at radius 1 is 0.913 bits per heavy atom. The smallest absolute Gasteiger partial charge is 0.224 e. The van der Waals surface area contributed by atoms with Gasteiger partial charge in [0.15, 0.2) is 5.78 Å². The summed E-state index contributed by atoms with van der Waals surface area (Å²) in [6, 6.07) is 7.17. The fourth-order valence-corrected chi connectivity index (χ4v) is 2.47. The van der Waals surface area contributed by atoms with Crippen molar-refractivity contribution < 1.29 is 9.59 Å². The maximum atomic E-state index is 11.9. The van der Waals surface area contributed by atoms with Gasteiger partial charge in [-0.3, -0.25) is 9.59 Å². The standard InChI is InChI=1S/C20H31NO2/c1-15(2)9-7-5-6-8-10-19(22)21-18-13-11-17(12-14-18)20(23)16(3)4/h11-16H,5-10H2,1-4H3,(H,21,22). The van der Waals surface area contributed by atoms with Crippen LogP contribution in [0.5, 0.6) is 0 Å². The van der Waals surface area contributed by atoms with Crippen molar-refractivity contribution in [3.63, 3.8) is 0 Å². The molecule has 128 valence electrons. The molecule has 0 heterocycles. The molecule has 0 atom stereocenters.